The molecule has 2 aromatic heterocycles. The number of aliphatic hydroxyl groups excluding tert-OH is 2. The molecule has 0 radical (unpaired) electrons. The lowest BCUT2D eigenvalue weighted by molar-refractivity contribution is -0.996. The van der Waals surface area contributed by atoms with Gasteiger partial charge in [-0.2, -0.15) is 9.13 Å². The number of imidazole rings is 2. The van der Waals surface area contributed by atoms with Crippen molar-refractivity contribution in [3.05, 3.63) is 50.6 Å². The summed E-state index contributed by atoms with van der Waals surface area (Å²) in [6.07, 6.45) is 14.7. The van der Waals surface area contributed by atoms with Gasteiger partial charge in [0.1, 0.15) is 31.4 Å². The van der Waals surface area contributed by atoms with Crippen LogP contribution in [0.3, 0.4) is 0 Å². The van der Waals surface area contributed by atoms with Gasteiger partial charge in [0.15, 0.2) is 0 Å². The molecule has 0 saturated heterocycles. The van der Waals surface area contributed by atoms with Crippen molar-refractivity contribution in [1.29, 1.82) is 0 Å². The van der Waals surface area contributed by atoms with Crippen molar-refractivity contribution in [2.24, 2.45) is 0 Å². The Hall–Kier alpha value is -1.22. The molecule has 2 rings (SSSR count). The van der Waals surface area contributed by atoms with Crippen molar-refractivity contribution in [3.8, 4) is 0 Å². The maximum Gasteiger partial charge on any atom is 0.277 e. The maximum absolute atomic E-state index is 9.96. The zero-order valence-corrected chi connectivity index (χ0v) is 15.3. The van der Waals surface area contributed by atoms with Crippen LogP contribution in [0.4, 0.5) is 0 Å². The third-order valence-electron chi connectivity index (χ3n) is 3.46. The summed E-state index contributed by atoms with van der Waals surface area (Å²) in [5.41, 5.74) is -0.780. The molecule has 6 nitrogen and oxygen atoms in total. The molecule has 0 aliphatic carbocycles. The van der Waals surface area contributed by atoms with Crippen LogP contribution in [0, 0.1) is 0 Å². The largest absolute Gasteiger partial charge is 1.00 e. The van der Waals surface area contributed by atoms with E-state index < -0.39 is 5.66 Å². The van der Waals surface area contributed by atoms with E-state index in [2.05, 4.69) is 13.2 Å². The van der Waals surface area contributed by atoms with E-state index in [4.69, 9.17) is 0 Å². The van der Waals surface area contributed by atoms with Gasteiger partial charge >= 0.3 is 0 Å². The minimum atomic E-state index is -0.780. The van der Waals surface area contributed by atoms with E-state index >= 15 is 0 Å². The highest BCUT2D eigenvalue weighted by Gasteiger charge is 2.42. The van der Waals surface area contributed by atoms with Crippen molar-refractivity contribution in [1.82, 2.24) is 9.13 Å². The van der Waals surface area contributed by atoms with E-state index in [1.54, 1.807) is 21.5 Å². The number of halogens is 2. The zero-order chi connectivity index (χ0) is 14.6. The van der Waals surface area contributed by atoms with Crippen LogP contribution < -0.4 is 43.1 Å². The average Bonchev–Trinajstić information content (AvgIpc) is 3.13. The van der Waals surface area contributed by atoms with Crippen LogP contribution in [0.1, 0.15) is 6.42 Å². The summed E-state index contributed by atoms with van der Waals surface area (Å²) in [5, 5.41) is 19.3. The van der Waals surface area contributed by atoms with Crippen LogP contribution >= 0.6 is 0 Å². The van der Waals surface area contributed by atoms with E-state index in [1.807, 2.05) is 46.6 Å². The van der Waals surface area contributed by atoms with Crippen molar-refractivity contribution in [2.75, 3.05) is 13.2 Å². The summed E-state index contributed by atoms with van der Waals surface area (Å²) in [6.45, 7) is 7.21. The summed E-state index contributed by atoms with van der Waals surface area (Å²) < 4.78 is 7.29. The molecular weight excluding hydrogens is 416 g/mol. The first-order chi connectivity index (χ1) is 9.70. The van der Waals surface area contributed by atoms with Gasteiger partial charge in [-0.15, -0.1) is 0 Å². The quantitative estimate of drug-likeness (QED) is 0.425. The van der Waals surface area contributed by atoms with Gasteiger partial charge < -0.3 is 44.2 Å². The molecule has 0 amide bonds. The molecule has 0 bridgehead atoms. The molecule has 122 valence electrons. The van der Waals surface area contributed by atoms with Gasteiger partial charge in [0.2, 0.25) is 0 Å². The molecule has 0 aliphatic rings. The van der Waals surface area contributed by atoms with Gasteiger partial charge in [0.25, 0.3) is 18.3 Å². The molecule has 0 spiro atoms. The fourth-order valence-corrected chi connectivity index (χ4v) is 2.26. The van der Waals surface area contributed by atoms with E-state index in [0.717, 1.165) is 0 Å². The minimum absolute atomic E-state index is 0. The molecule has 0 aliphatic heterocycles. The fraction of sp³-hybridized carbons (Fsp3) is 0.286. The Morgan fingerprint density at radius 1 is 0.955 bits per heavy atom. The Bertz CT molecular complexity index is 563. The number of aromatic nitrogens is 4. The van der Waals surface area contributed by atoms with Gasteiger partial charge in [0, 0.05) is 0 Å². The number of rotatable bonds is 7. The Labute approximate surface area is 150 Å². The second-order valence-corrected chi connectivity index (χ2v) is 4.52. The summed E-state index contributed by atoms with van der Waals surface area (Å²) >= 11 is 0. The van der Waals surface area contributed by atoms with Crippen molar-refractivity contribution in [2.45, 2.75) is 12.1 Å². The second-order valence-electron chi connectivity index (χ2n) is 4.52. The first-order valence-electron chi connectivity index (χ1n) is 6.35. The molecule has 2 aromatic rings. The molecule has 0 unspecified atom stereocenters. The smallest absolute Gasteiger partial charge is 0.277 e. The monoisotopic (exact) mass is 434 g/mol. The predicted molar refractivity (Wildman–Crippen MR) is 74.2 cm³/mol. The number of hydrogen-bond acceptors (Lipinski definition) is 2. The highest BCUT2D eigenvalue weighted by Crippen LogP contribution is 2.09. The lowest BCUT2D eigenvalue weighted by Gasteiger charge is -2.24. The lowest BCUT2D eigenvalue weighted by atomic mass is 10.1. The number of aliphatic hydroxyl groups is 2. The Morgan fingerprint density at radius 3 is 1.68 bits per heavy atom. The highest BCUT2D eigenvalue weighted by atomic mass is 79.9. The second kappa shape index (κ2) is 9.04. The first-order valence-corrected chi connectivity index (χ1v) is 6.35. The van der Waals surface area contributed by atoms with Gasteiger partial charge in [-0.3, -0.25) is 0 Å². The maximum atomic E-state index is 9.96. The van der Waals surface area contributed by atoms with Crippen molar-refractivity contribution < 1.29 is 53.3 Å². The molecule has 2 heterocycles. The molecular formula is C14H20Br2N4O2. The van der Waals surface area contributed by atoms with E-state index in [9.17, 15) is 10.2 Å². The Morgan fingerprint density at radius 2 is 1.41 bits per heavy atom. The highest BCUT2D eigenvalue weighted by molar-refractivity contribution is 5.13. The van der Waals surface area contributed by atoms with E-state index in [-0.39, 0.29) is 47.2 Å². The Balaban J connectivity index is 0.00000220. The summed E-state index contributed by atoms with van der Waals surface area (Å²) in [6, 6.07) is 0. The third-order valence-corrected chi connectivity index (χ3v) is 3.46. The molecule has 0 fully saturated rings. The third kappa shape index (κ3) is 3.75. The lowest BCUT2D eigenvalue weighted by Crippen LogP contribution is -3.00. The first kappa shape index (κ1) is 20.8. The van der Waals surface area contributed by atoms with Crippen molar-refractivity contribution >= 4 is 12.4 Å². The molecule has 0 saturated carbocycles. The van der Waals surface area contributed by atoms with E-state index in [0.29, 0.717) is 6.42 Å². The summed E-state index contributed by atoms with van der Waals surface area (Å²) in [4.78, 5) is 0. The minimum Gasteiger partial charge on any atom is -1.00 e. The topological polar surface area (TPSA) is 58.1 Å². The van der Waals surface area contributed by atoms with Crippen molar-refractivity contribution in [3.63, 3.8) is 0 Å². The summed E-state index contributed by atoms with van der Waals surface area (Å²) in [7, 11) is 0. The van der Waals surface area contributed by atoms with Gasteiger partial charge in [-0.1, -0.05) is 13.2 Å². The number of hydrogen-bond donors (Lipinski definition) is 2. The Kier molecular flexibility index (Phi) is 8.54. The normalized spacial score (nSPS) is 10.5. The predicted octanol–water partition coefficient (Wildman–Crippen LogP) is -6.35. The molecule has 0 aromatic carbocycles. The molecule has 2 N–H and O–H groups in total. The van der Waals surface area contributed by atoms with E-state index in [1.165, 1.54) is 0 Å². The van der Waals surface area contributed by atoms with Gasteiger partial charge in [-0.25, -0.2) is 9.13 Å². The van der Waals surface area contributed by atoms with Gasteiger partial charge in [-0.05, 0) is 0 Å². The van der Waals surface area contributed by atoms with Crippen LogP contribution in [0.2, 0.25) is 0 Å². The molecule has 8 heteroatoms. The standard InChI is InChI=1S/C14H20N4O2.2BrH/c1-3-15-6-8-17(12-15)14(11-20,5-10-19)18-9-7-16(4-2)13-18;;/h3-4,6-9,12-13,19-20H,1-2,5,10-11H2;2*1H/q+2;;/p-2. The molecule has 0 atom stereocenters. The van der Waals surface area contributed by atoms with Crippen LogP contribution in [-0.2, 0) is 5.66 Å². The fourth-order valence-electron chi connectivity index (χ4n) is 2.26. The zero-order valence-electron chi connectivity index (χ0n) is 12.1. The van der Waals surface area contributed by atoms with Crippen LogP contribution in [0.15, 0.2) is 50.6 Å². The SMILES string of the molecule is C=Cn1cc[n+](C(CO)(CCO)[n+]2ccn(C=C)c2)c1.[Br-].[Br-]. The van der Waals surface area contributed by atoms with Gasteiger partial charge in [0.05, 0.1) is 25.4 Å². The van der Waals surface area contributed by atoms with Crippen LogP contribution in [-0.4, -0.2) is 32.6 Å². The van der Waals surface area contributed by atoms with Crippen LogP contribution in [0.5, 0.6) is 0 Å². The molecule has 22 heavy (non-hydrogen) atoms. The van der Waals surface area contributed by atoms with Crippen LogP contribution in [0.25, 0.3) is 12.4 Å². The summed E-state index contributed by atoms with van der Waals surface area (Å²) in [5.74, 6) is 0. The average molecular weight is 436 g/mol. The number of nitrogens with zero attached hydrogens (tertiary/aromatic N) is 4.